The van der Waals surface area contributed by atoms with Crippen LogP contribution in [-0.4, -0.2) is 13.7 Å². The van der Waals surface area contributed by atoms with Gasteiger partial charge in [0.15, 0.2) is 0 Å². The van der Waals surface area contributed by atoms with Crippen molar-refractivity contribution in [3.05, 3.63) is 23.8 Å². The smallest absolute Gasteiger partial charge is 0.0503 e. The second kappa shape index (κ2) is 7.74. The second-order valence-electron chi connectivity index (χ2n) is 2.70. The van der Waals surface area contributed by atoms with Crippen molar-refractivity contribution in [1.29, 1.82) is 0 Å². The molecule has 14 heavy (non-hydrogen) atoms. The number of hydrogen-bond acceptors (Lipinski definition) is 3. The van der Waals surface area contributed by atoms with E-state index in [1.807, 2.05) is 12.1 Å². The molecule has 0 bridgehead atoms. The molecule has 0 atom stereocenters. The van der Waals surface area contributed by atoms with Crippen molar-refractivity contribution in [1.82, 2.24) is 0 Å². The Morgan fingerprint density at radius 2 is 1.86 bits per heavy atom. The molecule has 0 aromatic heterocycles. The highest BCUT2D eigenvalue weighted by Gasteiger charge is 1.98. The molecule has 0 unspecified atom stereocenters. The zero-order valence-electron chi connectivity index (χ0n) is 8.03. The van der Waals surface area contributed by atoms with Gasteiger partial charge in [-0.1, -0.05) is 0 Å². The summed E-state index contributed by atoms with van der Waals surface area (Å²) in [5, 5.41) is 0. The monoisotopic (exact) mass is 238 g/mol. The third-order valence-corrected chi connectivity index (χ3v) is 1.74. The first kappa shape index (κ1) is 15.8. The average molecular weight is 239 g/mol. The zero-order chi connectivity index (χ0) is 8.97. The molecule has 0 fully saturated rings. The molecule has 0 aliphatic heterocycles. The molecular weight excluding hydrogens is 223 g/mol. The Balaban J connectivity index is 0. The summed E-state index contributed by atoms with van der Waals surface area (Å²) in [7, 11) is 1.67. The highest BCUT2D eigenvalue weighted by atomic mass is 35.5. The van der Waals surface area contributed by atoms with Gasteiger partial charge in [-0.3, -0.25) is 0 Å². The fraction of sp³-hybridized carbons (Fsp3) is 0.333. The van der Waals surface area contributed by atoms with E-state index in [4.69, 9.17) is 16.2 Å². The fourth-order valence-corrected chi connectivity index (χ4v) is 1.05. The number of benzene rings is 1. The largest absolute Gasteiger partial charge is 0.399 e. The first-order valence-corrected chi connectivity index (χ1v) is 3.87. The summed E-state index contributed by atoms with van der Waals surface area (Å²) < 4.78 is 4.94. The number of methoxy groups -OCH3 is 1. The summed E-state index contributed by atoms with van der Waals surface area (Å²) in [6.07, 6.45) is 0.813. The van der Waals surface area contributed by atoms with Crippen molar-refractivity contribution in [2.75, 3.05) is 25.2 Å². The van der Waals surface area contributed by atoms with Gasteiger partial charge in [0.05, 0.1) is 6.61 Å². The number of anilines is 2. The lowest BCUT2D eigenvalue weighted by atomic mass is 10.1. The van der Waals surface area contributed by atoms with Crippen molar-refractivity contribution in [3.8, 4) is 0 Å². The van der Waals surface area contributed by atoms with Crippen LogP contribution in [0.15, 0.2) is 18.2 Å². The Bertz CT molecular complexity index is 269. The number of hydrogen-bond donors (Lipinski definition) is 2. The van der Waals surface area contributed by atoms with Gasteiger partial charge in [-0.2, -0.15) is 0 Å². The Kier molecular flexibility index (Phi) is 8.74. The molecule has 0 heterocycles. The maximum absolute atomic E-state index is 5.72. The highest BCUT2D eigenvalue weighted by molar-refractivity contribution is 5.85. The molecule has 0 saturated heterocycles. The van der Waals surface area contributed by atoms with Crippen LogP contribution in [-0.2, 0) is 11.2 Å². The van der Waals surface area contributed by atoms with Gasteiger partial charge in [0.25, 0.3) is 0 Å². The van der Waals surface area contributed by atoms with Gasteiger partial charge in [-0.05, 0) is 30.2 Å². The summed E-state index contributed by atoms with van der Waals surface area (Å²) in [5.74, 6) is 0. The molecule has 0 saturated carbocycles. The predicted molar refractivity (Wildman–Crippen MR) is 65.3 cm³/mol. The lowest BCUT2D eigenvalue weighted by Gasteiger charge is -2.05. The normalized spacial score (nSPS) is 8.64. The van der Waals surface area contributed by atoms with Crippen LogP contribution in [0, 0.1) is 0 Å². The van der Waals surface area contributed by atoms with Gasteiger partial charge in [-0.15, -0.1) is 24.8 Å². The lowest BCUT2D eigenvalue weighted by molar-refractivity contribution is 0.202. The van der Waals surface area contributed by atoms with Crippen molar-refractivity contribution in [2.45, 2.75) is 6.42 Å². The quantitative estimate of drug-likeness (QED) is 0.791. The third-order valence-electron chi connectivity index (χ3n) is 1.74. The Hall–Kier alpha value is -0.640. The van der Waals surface area contributed by atoms with Crippen LogP contribution in [0.4, 0.5) is 11.4 Å². The van der Waals surface area contributed by atoms with Crippen LogP contribution >= 0.6 is 24.8 Å². The topological polar surface area (TPSA) is 61.3 Å². The Labute approximate surface area is 96.6 Å². The fourth-order valence-electron chi connectivity index (χ4n) is 1.05. The molecule has 82 valence electrons. The first-order chi connectivity index (χ1) is 5.74. The number of nitrogen functional groups attached to an aromatic ring is 2. The van der Waals surface area contributed by atoms with E-state index in [1.54, 1.807) is 13.2 Å². The Morgan fingerprint density at radius 1 is 1.21 bits per heavy atom. The summed E-state index contributed by atoms with van der Waals surface area (Å²) >= 11 is 0. The van der Waals surface area contributed by atoms with Crippen LogP contribution < -0.4 is 11.5 Å². The third kappa shape index (κ3) is 4.56. The van der Waals surface area contributed by atoms with Crippen molar-refractivity contribution in [2.24, 2.45) is 0 Å². The van der Waals surface area contributed by atoms with Crippen molar-refractivity contribution in [3.63, 3.8) is 0 Å². The van der Waals surface area contributed by atoms with Crippen molar-refractivity contribution < 1.29 is 4.74 Å². The van der Waals surface area contributed by atoms with E-state index >= 15 is 0 Å². The van der Waals surface area contributed by atoms with Gasteiger partial charge in [0, 0.05) is 18.5 Å². The van der Waals surface area contributed by atoms with E-state index in [0.717, 1.165) is 23.4 Å². The molecular formula is C9H16Cl2N2O. The molecule has 0 radical (unpaired) electrons. The molecule has 4 N–H and O–H groups in total. The van der Waals surface area contributed by atoms with Crippen molar-refractivity contribution >= 4 is 36.2 Å². The minimum absolute atomic E-state index is 0. The molecule has 5 heteroatoms. The second-order valence-corrected chi connectivity index (χ2v) is 2.70. The van der Waals surface area contributed by atoms with E-state index in [2.05, 4.69) is 0 Å². The minimum atomic E-state index is 0. The van der Waals surface area contributed by atoms with E-state index in [-0.39, 0.29) is 24.8 Å². The SMILES string of the molecule is COCCc1cc(N)ccc1N.Cl.Cl. The van der Waals surface area contributed by atoms with Crippen LogP contribution in [0.3, 0.4) is 0 Å². The molecule has 3 nitrogen and oxygen atoms in total. The molecule has 0 aliphatic carbocycles. The van der Waals surface area contributed by atoms with E-state index in [9.17, 15) is 0 Å². The number of halogens is 2. The van der Waals surface area contributed by atoms with Gasteiger partial charge >= 0.3 is 0 Å². The maximum Gasteiger partial charge on any atom is 0.0503 e. The van der Waals surface area contributed by atoms with E-state index < -0.39 is 0 Å². The molecule has 0 aliphatic rings. The van der Waals surface area contributed by atoms with E-state index in [0.29, 0.717) is 6.61 Å². The standard InChI is InChI=1S/C9H14N2O.2ClH/c1-12-5-4-7-6-8(10)2-3-9(7)11;;/h2-3,6H,4-5,10-11H2,1H3;2*1H. The average Bonchev–Trinajstić information content (AvgIpc) is 2.07. The molecule has 1 rings (SSSR count). The minimum Gasteiger partial charge on any atom is -0.399 e. The van der Waals surface area contributed by atoms with Crippen LogP contribution in [0.2, 0.25) is 0 Å². The summed E-state index contributed by atoms with van der Waals surface area (Å²) in [6, 6.07) is 5.50. The van der Waals surface area contributed by atoms with Crippen LogP contribution in [0.1, 0.15) is 5.56 Å². The molecule has 1 aromatic carbocycles. The highest BCUT2D eigenvalue weighted by Crippen LogP contribution is 2.15. The lowest BCUT2D eigenvalue weighted by Crippen LogP contribution is -2.00. The summed E-state index contributed by atoms with van der Waals surface area (Å²) in [5.41, 5.74) is 13.9. The Morgan fingerprint density at radius 3 is 2.43 bits per heavy atom. The van der Waals surface area contributed by atoms with Gasteiger partial charge < -0.3 is 16.2 Å². The van der Waals surface area contributed by atoms with Crippen LogP contribution in [0.25, 0.3) is 0 Å². The predicted octanol–water partition coefficient (Wildman–Crippen LogP) is 1.88. The molecule has 0 spiro atoms. The number of nitrogens with two attached hydrogens (primary N) is 2. The number of rotatable bonds is 3. The van der Waals surface area contributed by atoms with Gasteiger partial charge in [-0.25, -0.2) is 0 Å². The van der Waals surface area contributed by atoms with Crippen LogP contribution in [0.5, 0.6) is 0 Å². The van der Waals surface area contributed by atoms with Gasteiger partial charge in [0.2, 0.25) is 0 Å². The maximum atomic E-state index is 5.72. The summed E-state index contributed by atoms with van der Waals surface area (Å²) in [6.45, 7) is 0.674. The molecule has 1 aromatic rings. The number of ether oxygens (including phenoxy) is 1. The van der Waals surface area contributed by atoms with E-state index in [1.165, 1.54) is 0 Å². The zero-order valence-corrected chi connectivity index (χ0v) is 9.66. The first-order valence-electron chi connectivity index (χ1n) is 3.87. The summed E-state index contributed by atoms with van der Waals surface area (Å²) in [4.78, 5) is 0. The molecule has 0 amide bonds. The van der Waals surface area contributed by atoms with Gasteiger partial charge in [0.1, 0.15) is 0 Å².